The van der Waals surface area contributed by atoms with Crippen molar-refractivity contribution in [2.24, 2.45) is 0 Å². The minimum atomic E-state index is -3.59. The van der Waals surface area contributed by atoms with Crippen LogP contribution >= 0.6 is 0 Å². The molecule has 3 aromatic rings. The van der Waals surface area contributed by atoms with Crippen molar-refractivity contribution in [2.75, 3.05) is 24.2 Å². The number of sulfone groups is 1. The van der Waals surface area contributed by atoms with Crippen LogP contribution in [0.2, 0.25) is 0 Å². The lowest BCUT2D eigenvalue weighted by atomic mass is 9.96. The van der Waals surface area contributed by atoms with Gasteiger partial charge >= 0.3 is 5.69 Å². The van der Waals surface area contributed by atoms with Gasteiger partial charge in [-0.1, -0.05) is 19.0 Å². The fourth-order valence-corrected chi connectivity index (χ4v) is 4.38. The van der Waals surface area contributed by atoms with Crippen LogP contribution in [0, 0.1) is 15.9 Å². The van der Waals surface area contributed by atoms with Crippen molar-refractivity contribution in [1.29, 1.82) is 0 Å². The molecule has 34 heavy (non-hydrogen) atoms. The Morgan fingerprint density at radius 1 is 1.24 bits per heavy atom. The topological polar surface area (TPSA) is 145 Å². The van der Waals surface area contributed by atoms with Crippen molar-refractivity contribution in [3.8, 4) is 11.4 Å². The van der Waals surface area contributed by atoms with Crippen LogP contribution in [0.25, 0.3) is 11.4 Å². The molecule has 0 radical (unpaired) electrons. The van der Waals surface area contributed by atoms with Crippen LogP contribution in [-0.2, 0) is 9.84 Å². The van der Waals surface area contributed by atoms with Crippen molar-refractivity contribution in [2.45, 2.75) is 43.4 Å². The van der Waals surface area contributed by atoms with Gasteiger partial charge in [0.05, 0.1) is 15.4 Å². The molecule has 0 aliphatic carbocycles. The zero-order valence-corrected chi connectivity index (χ0v) is 19.6. The molecular weight excluding hydrogens is 467 g/mol. The summed E-state index contributed by atoms with van der Waals surface area (Å²) < 4.78 is 43.4. The fraction of sp³-hybridized carbons (Fsp3) is 0.429. The van der Waals surface area contributed by atoms with E-state index in [1.54, 1.807) is 4.90 Å². The summed E-state index contributed by atoms with van der Waals surface area (Å²) in [4.78, 5) is 25.3. The highest BCUT2D eigenvalue weighted by molar-refractivity contribution is 7.90. The molecule has 3 heterocycles. The SMILES string of the molecule is CC(C)c1noc(C2CCN(c3nc(-c4ccc(S(C)(=O)=O)cc4F)ncc3[N+](=O)[O-])CC2)n1. The third-order valence-electron chi connectivity index (χ3n) is 5.67. The number of anilines is 1. The largest absolute Gasteiger partial charge is 0.351 e. The Hall–Kier alpha value is -3.48. The lowest BCUT2D eigenvalue weighted by molar-refractivity contribution is -0.384. The second-order valence-electron chi connectivity index (χ2n) is 8.48. The van der Waals surface area contributed by atoms with E-state index in [2.05, 4.69) is 20.1 Å². The minimum Gasteiger partial charge on any atom is -0.351 e. The molecule has 11 nitrogen and oxygen atoms in total. The minimum absolute atomic E-state index is 0.0256. The fourth-order valence-electron chi connectivity index (χ4n) is 3.75. The van der Waals surface area contributed by atoms with Crippen LogP contribution in [0.1, 0.15) is 50.2 Å². The van der Waals surface area contributed by atoms with E-state index in [4.69, 9.17) is 4.52 Å². The first-order valence-electron chi connectivity index (χ1n) is 10.6. The zero-order chi connectivity index (χ0) is 24.6. The summed E-state index contributed by atoms with van der Waals surface area (Å²) in [5.74, 6) is 0.529. The third kappa shape index (κ3) is 4.74. The van der Waals surface area contributed by atoms with Crippen molar-refractivity contribution >= 4 is 21.3 Å². The number of benzene rings is 1. The summed E-state index contributed by atoms with van der Waals surface area (Å²) in [7, 11) is -3.59. The van der Waals surface area contributed by atoms with Crippen LogP contribution in [0.5, 0.6) is 0 Å². The number of hydrogen-bond donors (Lipinski definition) is 0. The van der Waals surface area contributed by atoms with E-state index in [0.29, 0.717) is 37.6 Å². The lowest BCUT2D eigenvalue weighted by Gasteiger charge is -2.30. The number of aromatic nitrogens is 4. The molecular formula is C21H23FN6O5S. The standard InChI is InChI=1S/C21H23FN6O5S/c1-12(2)18-25-21(33-26-18)13-6-8-27(9-7-13)20-17(28(29)30)11-23-19(24-20)15-5-4-14(10-16(15)22)34(3,31)32/h4-5,10-13H,6-9H2,1-3H3. The summed E-state index contributed by atoms with van der Waals surface area (Å²) in [6.45, 7) is 4.83. The number of halogens is 1. The Morgan fingerprint density at radius 2 is 1.94 bits per heavy atom. The third-order valence-corrected chi connectivity index (χ3v) is 6.78. The summed E-state index contributed by atoms with van der Waals surface area (Å²) >= 11 is 0. The van der Waals surface area contributed by atoms with E-state index in [0.717, 1.165) is 18.5 Å². The molecule has 1 saturated heterocycles. The van der Waals surface area contributed by atoms with Crippen molar-refractivity contribution in [3.05, 3.63) is 52.0 Å². The van der Waals surface area contributed by atoms with Crippen LogP contribution in [0.4, 0.5) is 15.9 Å². The number of piperidine rings is 1. The van der Waals surface area contributed by atoms with Crippen LogP contribution in [0.15, 0.2) is 33.8 Å². The number of nitro groups is 1. The monoisotopic (exact) mass is 490 g/mol. The molecule has 0 amide bonds. The Labute approximate surface area is 195 Å². The highest BCUT2D eigenvalue weighted by Crippen LogP contribution is 2.34. The molecule has 1 aliphatic rings. The van der Waals surface area contributed by atoms with E-state index >= 15 is 0 Å². The van der Waals surface area contributed by atoms with E-state index in [9.17, 15) is 22.9 Å². The zero-order valence-electron chi connectivity index (χ0n) is 18.8. The van der Waals surface area contributed by atoms with Gasteiger partial charge in [-0.15, -0.1) is 0 Å². The van der Waals surface area contributed by atoms with Crippen LogP contribution in [-0.4, -0.2) is 52.8 Å². The summed E-state index contributed by atoms with van der Waals surface area (Å²) in [6, 6.07) is 3.39. The van der Waals surface area contributed by atoms with Gasteiger partial charge in [0, 0.05) is 31.2 Å². The molecule has 1 aromatic carbocycles. The van der Waals surface area contributed by atoms with Crippen molar-refractivity contribution in [1.82, 2.24) is 20.1 Å². The van der Waals surface area contributed by atoms with Gasteiger partial charge < -0.3 is 9.42 Å². The van der Waals surface area contributed by atoms with E-state index in [1.165, 1.54) is 12.1 Å². The van der Waals surface area contributed by atoms with Crippen molar-refractivity contribution in [3.63, 3.8) is 0 Å². The predicted molar refractivity (Wildman–Crippen MR) is 120 cm³/mol. The lowest BCUT2D eigenvalue weighted by Crippen LogP contribution is -2.34. The molecule has 0 N–H and O–H groups in total. The summed E-state index contributed by atoms with van der Waals surface area (Å²) in [5, 5.41) is 15.6. The summed E-state index contributed by atoms with van der Waals surface area (Å²) in [5.41, 5.74) is -0.347. The average Bonchev–Trinajstić information content (AvgIpc) is 3.29. The first-order valence-corrected chi connectivity index (χ1v) is 12.5. The Morgan fingerprint density at radius 3 is 2.50 bits per heavy atom. The maximum absolute atomic E-state index is 14.7. The van der Waals surface area contributed by atoms with E-state index in [-0.39, 0.29) is 39.6 Å². The second-order valence-corrected chi connectivity index (χ2v) is 10.5. The Bertz CT molecular complexity index is 1340. The van der Waals surface area contributed by atoms with Crippen molar-refractivity contribution < 1.29 is 22.3 Å². The molecule has 1 fully saturated rings. The molecule has 4 rings (SSSR count). The molecule has 0 bridgehead atoms. The van der Waals surface area contributed by atoms with Gasteiger partial charge in [0.2, 0.25) is 11.7 Å². The first kappa shape index (κ1) is 23.7. The molecule has 13 heteroatoms. The first-order chi connectivity index (χ1) is 16.0. The molecule has 0 unspecified atom stereocenters. The molecule has 0 atom stereocenters. The molecule has 2 aromatic heterocycles. The number of nitrogens with zero attached hydrogens (tertiary/aromatic N) is 6. The van der Waals surface area contributed by atoms with Gasteiger partial charge in [0.25, 0.3) is 0 Å². The number of hydrogen-bond acceptors (Lipinski definition) is 10. The van der Waals surface area contributed by atoms with Gasteiger partial charge in [0.1, 0.15) is 12.0 Å². The normalized spacial score (nSPS) is 15.1. The second kappa shape index (κ2) is 9.05. The number of rotatable bonds is 6. The maximum atomic E-state index is 14.7. The Balaban J connectivity index is 1.61. The van der Waals surface area contributed by atoms with Gasteiger partial charge in [-0.2, -0.15) is 4.98 Å². The molecule has 180 valence electrons. The van der Waals surface area contributed by atoms with E-state index < -0.39 is 20.6 Å². The van der Waals surface area contributed by atoms with Crippen LogP contribution < -0.4 is 4.90 Å². The highest BCUT2D eigenvalue weighted by atomic mass is 32.2. The molecule has 0 spiro atoms. The van der Waals surface area contributed by atoms with Gasteiger partial charge in [0.15, 0.2) is 21.5 Å². The van der Waals surface area contributed by atoms with Crippen LogP contribution in [0.3, 0.4) is 0 Å². The smallest absolute Gasteiger partial charge is 0.329 e. The predicted octanol–water partition coefficient (Wildman–Crippen LogP) is 3.48. The molecule has 0 saturated carbocycles. The average molecular weight is 491 g/mol. The Kier molecular flexibility index (Phi) is 6.30. The highest BCUT2D eigenvalue weighted by Gasteiger charge is 2.30. The summed E-state index contributed by atoms with van der Waals surface area (Å²) in [6.07, 6.45) is 3.26. The van der Waals surface area contributed by atoms with Gasteiger partial charge in [-0.05, 0) is 31.0 Å². The molecule has 1 aliphatic heterocycles. The quantitative estimate of drug-likeness (QED) is 0.372. The maximum Gasteiger partial charge on any atom is 0.329 e. The van der Waals surface area contributed by atoms with E-state index in [1.807, 2.05) is 13.8 Å². The van der Waals surface area contributed by atoms with Gasteiger partial charge in [-0.25, -0.2) is 22.8 Å². The van der Waals surface area contributed by atoms with Gasteiger partial charge in [-0.3, -0.25) is 10.1 Å².